The van der Waals surface area contributed by atoms with Crippen LogP contribution >= 0.6 is 0 Å². The van der Waals surface area contributed by atoms with Crippen molar-refractivity contribution >= 4 is 9.84 Å². The number of nitrogens with two attached hydrogens (primary N) is 1. The Morgan fingerprint density at radius 1 is 1.42 bits per heavy atom. The first kappa shape index (κ1) is 14.4. The first-order chi connectivity index (χ1) is 9.00. The number of sulfone groups is 1. The second kappa shape index (κ2) is 5.98. The van der Waals surface area contributed by atoms with E-state index in [0.29, 0.717) is 24.8 Å². The molecule has 2 unspecified atom stereocenters. The standard InChI is InChI=1S/C13H19FN2O2S/c14-13-4-2-1-3-11(13)8-12(16-15)7-10-5-6-19(17,18)9-10/h1-4,10,12,16H,5-9,15H2. The molecule has 6 heteroatoms. The normalized spacial score (nSPS) is 23.4. The number of hydrogen-bond acceptors (Lipinski definition) is 4. The van der Waals surface area contributed by atoms with Gasteiger partial charge in [-0.15, -0.1) is 0 Å². The van der Waals surface area contributed by atoms with Gasteiger partial charge in [0.25, 0.3) is 0 Å². The second-order valence-corrected chi connectivity index (χ2v) is 7.39. The van der Waals surface area contributed by atoms with Crippen molar-refractivity contribution < 1.29 is 12.8 Å². The quantitative estimate of drug-likeness (QED) is 0.626. The lowest BCUT2D eigenvalue weighted by Gasteiger charge is -2.19. The highest BCUT2D eigenvalue weighted by atomic mass is 32.2. The van der Waals surface area contributed by atoms with Gasteiger partial charge in [-0.3, -0.25) is 11.3 Å². The number of rotatable bonds is 5. The molecule has 0 saturated carbocycles. The fraction of sp³-hybridized carbons (Fsp3) is 0.538. The van der Waals surface area contributed by atoms with E-state index in [-0.39, 0.29) is 29.3 Å². The summed E-state index contributed by atoms with van der Waals surface area (Å²) < 4.78 is 36.4. The third-order valence-corrected chi connectivity index (χ3v) is 5.44. The molecule has 0 radical (unpaired) electrons. The van der Waals surface area contributed by atoms with Crippen LogP contribution in [0.25, 0.3) is 0 Å². The van der Waals surface area contributed by atoms with E-state index in [9.17, 15) is 12.8 Å². The van der Waals surface area contributed by atoms with Crippen molar-refractivity contribution in [3.05, 3.63) is 35.6 Å². The molecule has 1 aliphatic rings. The number of hydrogen-bond donors (Lipinski definition) is 2. The Hall–Kier alpha value is -0.980. The highest BCUT2D eigenvalue weighted by Gasteiger charge is 2.29. The molecule has 1 aromatic carbocycles. The maximum absolute atomic E-state index is 13.6. The molecule has 0 aromatic heterocycles. The summed E-state index contributed by atoms with van der Waals surface area (Å²) in [6.45, 7) is 0. The molecular weight excluding hydrogens is 267 g/mol. The summed E-state index contributed by atoms with van der Waals surface area (Å²) in [5.41, 5.74) is 3.27. The van der Waals surface area contributed by atoms with Crippen molar-refractivity contribution in [2.75, 3.05) is 11.5 Å². The van der Waals surface area contributed by atoms with Crippen molar-refractivity contribution in [1.82, 2.24) is 5.43 Å². The zero-order chi connectivity index (χ0) is 13.9. The Morgan fingerprint density at radius 2 is 2.16 bits per heavy atom. The summed E-state index contributed by atoms with van der Waals surface area (Å²) in [6.07, 6.45) is 1.81. The lowest BCUT2D eigenvalue weighted by molar-refractivity contribution is 0.404. The fourth-order valence-corrected chi connectivity index (χ4v) is 4.48. The fourth-order valence-electron chi connectivity index (χ4n) is 2.60. The molecule has 1 saturated heterocycles. The minimum atomic E-state index is -2.87. The Balaban J connectivity index is 1.96. The Morgan fingerprint density at radius 3 is 2.74 bits per heavy atom. The number of benzene rings is 1. The number of hydrazine groups is 1. The van der Waals surface area contributed by atoms with E-state index in [1.165, 1.54) is 6.07 Å². The molecule has 1 aromatic rings. The van der Waals surface area contributed by atoms with E-state index in [4.69, 9.17) is 5.84 Å². The van der Waals surface area contributed by atoms with Gasteiger partial charge >= 0.3 is 0 Å². The predicted molar refractivity (Wildman–Crippen MR) is 72.6 cm³/mol. The summed E-state index contributed by atoms with van der Waals surface area (Å²) in [7, 11) is -2.87. The topological polar surface area (TPSA) is 72.2 Å². The van der Waals surface area contributed by atoms with Crippen molar-refractivity contribution in [3.8, 4) is 0 Å². The van der Waals surface area contributed by atoms with E-state index in [1.54, 1.807) is 18.2 Å². The van der Waals surface area contributed by atoms with Gasteiger partial charge < -0.3 is 0 Å². The lowest BCUT2D eigenvalue weighted by atomic mass is 9.95. The number of halogens is 1. The average molecular weight is 286 g/mol. The van der Waals surface area contributed by atoms with Crippen LogP contribution in [0.2, 0.25) is 0 Å². The van der Waals surface area contributed by atoms with Crippen molar-refractivity contribution in [3.63, 3.8) is 0 Å². The van der Waals surface area contributed by atoms with E-state index in [2.05, 4.69) is 5.43 Å². The number of nitrogens with one attached hydrogen (secondary N) is 1. The Labute approximate surface area is 113 Å². The van der Waals surface area contributed by atoms with Crippen LogP contribution < -0.4 is 11.3 Å². The molecule has 0 amide bonds. The van der Waals surface area contributed by atoms with Crippen LogP contribution in [0.15, 0.2) is 24.3 Å². The predicted octanol–water partition coefficient (Wildman–Crippen LogP) is 1.02. The maximum Gasteiger partial charge on any atom is 0.150 e. The summed E-state index contributed by atoms with van der Waals surface area (Å²) in [5.74, 6) is 5.85. The van der Waals surface area contributed by atoms with Gasteiger partial charge in [-0.25, -0.2) is 12.8 Å². The first-order valence-corrected chi connectivity index (χ1v) is 8.22. The van der Waals surface area contributed by atoms with Crippen molar-refractivity contribution in [2.45, 2.75) is 25.3 Å². The first-order valence-electron chi connectivity index (χ1n) is 6.40. The Kier molecular flexibility index (Phi) is 4.54. The van der Waals surface area contributed by atoms with Crippen LogP contribution in [0.4, 0.5) is 4.39 Å². The van der Waals surface area contributed by atoms with Gasteiger partial charge in [0.05, 0.1) is 11.5 Å². The highest BCUT2D eigenvalue weighted by Crippen LogP contribution is 2.24. The molecule has 2 rings (SSSR count). The lowest BCUT2D eigenvalue weighted by Crippen LogP contribution is -2.38. The van der Waals surface area contributed by atoms with Crippen LogP contribution in [0.5, 0.6) is 0 Å². The van der Waals surface area contributed by atoms with E-state index < -0.39 is 9.84 Å². The van der Waals surface area contributed by atoms with Gasteiger partial charge in [-0.2, -0.15) is 0 Å². The van der Waals surface area contributed by atoms with Crippen molar-refractivity contribution in [2.24, 2.45) is 11.8 Å². The van der Waals surface area contributed by atoms with Crippen LogP contribution in [-0.2, 0) is 16.3 Å². The molecule has 2 atom stereocenters. The van der Waals surface area contributed by atoms with E-state index in [0.717, 1.165) is 0 Å². The molecule has 0 spiro atoms. The monoisotopic (exact) mass is 286 g/mol. The summed E-state index contributed by atoms with van der Waals surface area (Å²) >= 11 is 0. The third kappa shape index (κ3) is 3.99. The average Bonchev–Trinajstić information content (AvgIpc) is 2.70. The van der Waals surface area contributed by atoms with E-state index >= 15 is 0 Å². The zero-order valence-electron chi connectivity index (χ0n) is 10.7. The van der Waals surface area contributed by atoms with Gasteiger partial charge in [-0.05, 0) is 36.8 Å². The van der Waals surface area contributed by atoms with Gasteiger partial charge in [0.1, 0.15) is 5.82 Å². The minimum Gasteiger partial charge on any atom is -0.271 e. The molecular formula is C13H19FN2O2S. The molecule has 1 fully saturated rings. The molecule has 106 valence electrons. The van der Waals surface area contributed by atoms with E-state index in [1.807, 2.05) is 0 Å². The molecule has 1 aliphatic heterocycles. The molecule has 0 aliphatic carbocycles. The largest absolute Gasteiger partial charge is 0.271 e. The van der Waals surface area contributed by atoms with Gasteiger partial charge in [-0.1, -0.05) is 18.2 Å². The molecule has 0 bridgehead atoms. The third-order valence-electron chi connectivity index (χ3n) is 3.60. The summed E-state index contributed by atoms with van der Waals surface area (Å²) in [5, 5.41) is 0. The molecule has 3 N–H and O–H groups in total. The highest BCUT2D eigenvalue weighted by molar-refractivity contribution is 7.91. The summed E-state index contributed by atoms with van der Waals surface area (Å²) in [4.78, 5) is 0. The second-order valence-electron chi connectivity index (χ2n) is 5.16. The SMILES string of the molecule is NNC(Cc1ccccc1F)CC1CCS(=O)(=O)C1. The van der Waals surface area contributed by atoms with Crippen LogP contribution in [0, 0.1) is 11.7 Å². The van der Waals surface area contributed by atoms with Crippen LogP contribution in [0.1, 0.15) is 18.4 Å². The van der Waals surface area contributed by atoms with Gasteiger partial charge in [0, 0.05) is 6.04 Å². The van der Waals surface area contributed by atoms with Gasteiger partial charge in [0.15, 0.2) is 9.84 Å². The summed E-state index contributed by atoms with van der Waals surface area (Å²) in [6, 6.07) is 6.48. The van der Waals surface area contributed by atoms with Crippen LogP contribution in [-0.4, -0.2) is 26.0 Å². The zero-order valence-corrected chi connectivity index (χ0v) is 11.5. The molecule has 1 heterocycles. The van der Waals surface area contributed by atoms with Gasteiger partial charge in [0.2, 0.25) is 0 Å². The van der Waals surface area contributed by atoms with Crippen molar-refractivity contribution in [1.29, 1.82) is 0 Å². The Bertz CT molecular complexity index is 533. The smallest absolute Gasteiger partial charge is 0.150 e. The maximum atomic E-state index is 13.6. The molecule has 19 heavy (non-hydrogen) atoms. The molecule has 4 nitrogen and oxygen atoms in total. The minimum absolute atomic E-state index is 0.102. The van der Waals surface area contributed by atoms with Crippen LogP contribution in [0.3, 0.4) is 0 Å².